The third-order valence-electron chi connectivity index (χ3n) is 4.30. The van der Waals surface area contributed by atoms with Crippen molar-refractivity contribution in [1.29, 1.82) is 0 Å². The van der Waals surface area contributed by atoms with Crippen molar-refractivity contribution < 1.29 is 18.0 Å². The molecule has 0 radical (unpaired) electrons. The second-order valence-electron chi connectivity index (χ2n) is 7.43. The molecule has 1 fully saturated rings. The molecule has 0 aromatic heterocycles. The molecule has 25 heavy (non-hydrogen) atoms. The normalized spacial score (nSPS) is 19.4. The summed E-state index contributed by atoms with van der Waals surface area (Å²) in [5.41, 5.74) is 0.465. The minimum Gasteiger partial charge on any atom is -0.335 e. The van der Waals surface area contributed by atoms with Crippen molar-refractivity contribution in [2.24, 2.45) is 5.41 Å². The van der Waals surface area contributed by atoms with Crippen LogP contribution in [0.3, 0.4) is 0 Å². The monoisotopic (exact) mass is 366 g/mol. The van der Waals surface area contributed by atoms with Crippen LogP contribution in [0, 0.1) is 5.41 Å². The summed E-state index contributed by atoms with van der Waals surface area (Å²) in [5.74, 6) is -0.196. The van der Waals surface area contributed by atoms with Crippen LogP contribution in [0.15, 0.2) is 24.3 Å². The lowest BCUT2D eigenvalue weighted by molar-refractivity contribution is -0.123. The maximum absolute atomic E-state index is 12.8. The van der Waals surface area contributed by atoms with E-state index in [1.165, 1.54) is 0 Å². The van der Waals surface area contributed by atoms with Crippen molar-refractivity contribution >= 4 is 27.3 Å². The van der Waals surface area contributed by atoms with Crippen molar-refractivity contribution in [2.45, 2.75) is 40.2 Å². The molecule has 0 aliphatic carbocycles. The average molecular weight is 366 g/mol. The van der Waals surface area contributed by atoms with Gasteiger partial charge in [-0.25, -0.2) is 8.42 Å². The van der Waals surface area contributed by atoms with Gasteiger partial charge in [0.05, 0.1) is 11.5 Å². The molecule has 138 valence electrons. The molecule has 6 nitrogen and oxygen atoms in total. The second-order valence-corrected chi connectivity index (χ2v) is 9.66. The molecule has 0 saturated carbocycles. The number of nitrogens with zero attached hydrogens (tertiary/aromatic N) is 1. The maximum atomic E-state index is 12.8. The summed E-state index contributed by atoms with van der Waals surface area (Å²) in [5, 5.41) is 2.81. The number of amides is 2. The number of sulfone groups is 1. The molecule has 0 spiro atoms. The highest BCUT2D eigenvalue weighted by Gasteiger charge is 2.34. The van der Waals surface area contributed by atoms with Gasteiger partial charge >= 0.3 is 0 Å². The Kier molecular flexibility index (Phi) is 5.56. The number of carbonyl (C=O) groups excluding carboxylic acids is 2. The van der Waals surface area contributed by atoms with Gasteiger partial charge in [0.1, 0.15) is 0 Å². The van der Waals surface area contributed by atoms with E-state index in [0.717, 1.165) is 0 Å². The Morgan fingerprint density at radius 1 is 1.28 bits per heavy atom. The molecule has 7 heteroatoms. The van der Waals surface area contributed by atoms with E-state index in [1.807, 2.05) is 27.7 Å². The fourth-order valence-electron chi connectivity index (χ4n) is 2.80. The quantitative estimate of drug-likeness (QED) is 0.886. The summed E-state index contributed by atoms with van der Waals surface area (Å²) in [7, 11) is -3.06. The van der Waals surface area contributed by atoms with Crippen LogP contribution >= 0.6 is 0 Å². The summed E-state index contributed by atoms with van der Waals surface area (Å²) >= 11 is 0. The number of hydrogen-bond donors (Lipinski definition) is 1. The summed E-state index contributed by atoms with van der Waals surface area (Å²) in [6, 6.07) is 6.48. The van der Waals surface area contributed by atoms with Crippen LogP contribution in [-0.2, 0) is 14.6 Å². The van der Waals surface area contributed by atoms with Gasteiger partial charge in [0.15, 0.2) is 9.84 Å². The Bertz CT molecular complexity index is 766. The van der Waals surface area contributed by atoms with Gasteiger partial charge in [-0.1, -0.05) is 26.8 Å². The first-order valence-electron chi connectivity index (χ1n) is 8.46. The van der Waals surface area contributed by atoms with Gasteiger partial charge in [-0.05, 0) is 31.5 Å². The summed E-state index contributed by atoms with van der Waals surface area (Å²) in [6.07, 6.45) is 0.475. The van der Waals surface area contributed by atoms with Crippen LogP contribution in [0.5, 0.6) is 0 Å². The first-order valence-corrected chi connectivity index (χ1v) is 10.3. The molecular formula is C18H26N2O4S. The zero-order valence-corrected chi connectivity index (χ0v) is 16.0. The smallest absolute Gasteiger partial charge is 0.254 e. The maximum Gasteiger partial charge on any atom is 0.254 e. The van der Waals surface area contributed by atoms with Gasteiger partial charge in [0.2, 0.25) is 5.91 Å². The number of rotatable bonds is 4. The van der Waals surface area contributed by atoms with Crippen LogP contribution in [0.2, 0.25) is 0 Å². The summed E-state index contributed by atoms with van der Waals surface area (Å²) in [4.78, 5) is 26.5. The Morgan fingerprint density at radius 2 is 1.96 bits per heavy atom. The average Bonchev–Trinajstić information content (AvgIpc) is 2.87. The van der Waals surface area contributed by atoms with E-state index in [2.05, 4.69) is 5.32 Å². The van der Waals surface area contributed by atoms with Crippen LogP contribution in [-0.4, -0.2) is 49.2 Å². The van der Waals surface area contributed by atoms with E-state index in [4.69, 9.17) is 0 Å². The lowest BCUT2D eigenvalue weighted by atomic mass is 9.95. The zero-order chi connectivity index (χ0) is 18.8. The van der Waals surface area contributed by atoms with Gasteiger partial charge in [-0.2, -0.15) is 0 Å². The topological polar surface area (TPSA) is 83.6 Å². The van der Waals surface area contributed by atoms with Crippen LogP contribution in [0.25, 0.3) is 0 Å². The minimum atomic E-state index is -3.06. The molecule has 1 atom stereocenters. The van der Waals surface area contributed by atoms with Crippen molar-refractivity contribution in [3.05, 3.63) is 29.8 Å². The van der Waals surface area contributed by atoms with Gasteiger partial charge < -0.3 is 10.2 Å². The summed E-state index contributed by atoms with van der Waals surface area (Å²) in [6.45, 7) is 7.73. The van der Waals surface area contributed by atoms with Crippen LogP contribution < -0.4 is 5.32 Å². The fraction of sp³-hybridized carbons (Fsp3) is 0.556. The molecule has 1 unspecified atom stereocenters. The van der Waals surface area contributed by atoms with Gasteiger partial charge in [-0.15, -0.1) is 0 Å². The lowest BCUT2D eigenvalue weighted by Crippen LogP contribution is -2.41. The number of hydrogen-bond acceptors (Lipinski definition) is 4. The standard InChI is InChI=1S/C18H26N2O4S/c1-5-20(15-9-10-25(23,24)12-15)16(21)13-7-6-8-14(11-13)19-17(22)18(2,3)4/h6-8,11,15H,5,9-10,12H2,1-4H3,(H,19,22). The van der Waals surface area contributed by atoms with Gasteiger partial charge in [0.25, 0.3) is 5.91 Å². The Morgan fingerprint density at radius 3 is 2.48 bits per heavy atom. The lowest BCUT2D eigenvalue weighted by Gasteiger charge is -2.27. The highest BCUT2D eigenvalue weighted by atomic mass is 32.2. The number of anilines is 1. The predicted molar refractivity (Wildman–Crippen MR) is 98.3 cm³/mol. The zero-order valence-electron chi connectivity index (χ0n) is 15.2. The van der Waals surface area contributed by atoms with E-state index >= 15 is 0 Å². The van der Waals surface area contributed by atoms with E-state index in [0.29, 0.717) is 24.2 Å². The largest absolute Gasteiger partial charge is 0.335 e. The first-order chi connectivity index (χ1) is 11.5. The molecule has 1 aromatic carbocycles. The molecule has 0 bridgehead atoms. The third kappa shape index (κ3) is 4.81. The number of nitrogens with one attached hydrogen (secondary N) is 1. The van der Waals surface area contributed by atoms with E-state index < -0.39 is 15.3 Å². The second kappa shape index (κ2) is 7.15. The highest BCUT2D eigenvalue weighted by molar-refractivity contribution is 7.91. The van der Waals surface area contributed by atoms with Crippen molar-refractivity contribution in [3.8, 4) is 0 Å². The SMILES string of the molecule is CCN(C(=O)c1cccc(NC(=O)C(C)(C)C)c1)C1CCS(=O)(=O)C1. The predicted octanol–water partition coefficient (Wildman–Crippen LogP) is 2.32. The molecule has 1 N–H and O–H groups in total. The first kappa shape index (κ1) is 19.4. The molecule has 1 heterocycles. The number of carbonyl (C=O) groups is 2. The molecule has 1 saturated heterocycles. The Labute approximate surface area is 149 Å². The van der Waals surface area contributed by atoms with Crippen LogP contribution in [0.4, 0.5) is 5.69 Å². The summed E-state index contributed by atoms with van der Waals surface area (Å²) < 4.78 is 23.4. The van der Waals surface area contributed by atoms with Gasteiger partial charge in [0, 0.05) is 29.3 Å². The molecule has 2 amide bonds. The van der Waals surface area contributed by atoms with Crippen LogP contribution in [0.1, 0.15) is 44.5 Å². The molecule has 1 aliphatic heterocycles. The minimum absolute atomic E-state index is 0.0209. The Balaban J connectivity index is 2.18. The van der Waals surface area contributed by atoms with Crippen molar-refractivity contribution in [3.63, 3.8) is 0 Å². The molecule has 1 aliphatic rings. The van der Waals surface area contributed by atoms with E-state index in [1.54, 1.807) is 29.2 Å². The third-order valence-corrected chi connectivity index (χ3v) is 6.05. The van der Waals surface area contributed by atoms with E-state index in [-0.39, 0.29) is 29.4 Å². The van der Waals surface area contributed by atoms with Crippen molar-refractivity contribution in [2.75, 3.05) is 23.4 Å². The Hall–Kier alpha value is -1.89. The van der Waals surface area contributed by atoms with Crippen molar-refractivity contribution in [1.82, 2.24) is 4.90 Å². The molecule has 1 aromatic rings. The van der Waals surface area contributed by atoms with E-state index in [9.17, 15) is 18.0 Å². The fourth-order valence-corrected chi connectivity index (χ4v) is 4.53. The molecule has 2 rings (SSSR count). The molecular weight excluding hydrogens is 340 g/mol. The highest BCUT2D eigenvalue weighted by Crippen LogP contribution is 2.22. The number of benzene rings is 1. The van der Waals surface area contributed by atoms with Gasteiger partial charge in [-0.3, -0.25) is 9.59 Å².